The van der Waals surface area contributed by atoms with E-state index in [0.29, 0.717) is 5.88 Å². The van der Waals surface area contributed by atoms with Crippen molar-refractivity contribution in [3.63, 3.8) is 0 Å². The van der Waals surface area contributed by atoms with Gasteiger partial charge in [-0.1, -0.05) is 46.3 Å². The van der Waals surface area contributed by atoms with Crippen LogP contribution >= 0.6 is 15.9 Å². The second kappa shape index (κ2) is 6.84. The number of nitrogens with zero attached hydrogens (tertiary/aromatic N) is 5. The van der Waals surface area contributed by atoms with Crippen LogP contribution in [0.3, 0.4) is 0 Å². The number of aromatic nitrogens is 5. The fourth-order valence-corrected chi connectivity index (χ4v) is 3.46. The van der Waals surface area contributed by atoms with Gasteiger partial charge >= 0.3 is 0 Å². The predicted octanol–water partition coefficient (Wildman–Crippen LogP) is 3.94. The summed E-state index contributed by atoms with van der Waals surface area (Å²) in [6.07, 6.45) is 0. The topological polar surface area (TPSA) is 65.7 Å². The fourth-order valence-electron chi connectivity index (χ4n) is 3.09. The molecule has 130 valence electrons. The molecule has 0 bridgehead atoms. The van der Waals surface area contributed by atoms with Gasteiger partial charge in [-0.25, -0.2) is 9.67 Å². The van der Waals surface area contributed by atoms with Gasteiger partial charge in [0.15, 0.2) is 0 Å². The Balaban J connectivity index is 2.05. The highest BCUT2D eigenvalue weighted by molar-refractivity contribution is 9.10. The summed E-state index contributed by atoms with van der Waals surface area (Å²) in [6.45, 7) is 1.90. The Morgan fingerprint density at radius 2 is 1.88 bits per heavy atom. The molecular weight excluding hydrogens is 394 g/mol. The number of halogens is 1. The molecule has 0 saturated carbocycles. The number of fused-ring (bicyclic) bond motifs is 1. The van der Waals surface area contributed by atoms with E-state index in [9.17, 15) is 0 Å². The average Bonchev–Trinajstić information content (AvgIpc) is 3.08. The molecule has 0 spiro atoms. The van der Waals surface area contributed by atoms with Crippen molar-refractivity contribution in [3.8, 4) is 5.88 Å². The predicted molar refractivity (Wildman–Crippen MR) is 102 cm³/mol. The third-order valence-corrected chi connectivity index (χ3v) is 4.79. The van der Waals surface area contributed by atoms with E-state index in [-0.39, 0.29) is 6.04 Å². The molecule has 2 heterocycles. The molecule has 0 fully saturated rings. The summed E-state index contributed by atoms with van der Waals surface area (Å²) < 4.78 is 8.25. The molecule has 0 aliphatic heterocycles. The summed E-state index contributed by atoms with van der Waals surface area (Å²) in [5.41, 5.74) is 2.96. The Morgan fingerprint density at radius 1 is 1.08 bits per heavy atom. The normalized spacial score (nSPS) is 12.3. The number of tetrazole rings is 1. The van der Waals surface area contributed by atoms with Gasteiger partial charge in [-0.2, -0.15) is 0 Å². The van der Waals surface area contributed by atoms with Crippen molar-refractivity contribution in [1.82, 2.24) is 25.2 Å². The van der Waals surface area contributed by atoms with E-state index in [1.165, 1.54) is 0 Å². The lowest BCUT2D eigenvalue weighted by Crippen LogP contribution is -2.16. The zero-order valence-electron chi connectivity index (χ0n) is 14.3. The fraction of sp³-hybridized carbons (Fsp3) is 0.158. The van der Waals surface area contributed by atoms with Gasteiger partial charge in [-0.05, 0) is 46.7 Å². The standard InChI is InChI=1S/C19H16BrN5O/c1-12-22-23-24-25(12)19(13-6-4-3-5-7-13)16-11-18(26-2)21-17-9-8-14(20)10-15(16)17/h3-11,19H,1-2H3. The zero-order chi connectivity index (χ0) is 18.1. The molecule has 0 amide bonds. The first-order chi connectivity index (χ1) is 12.7. The Kier molecular flexibility index (Phi) is 4.38. The summed E-state index contributed by atoms with van der Waals surface area (Å²) in [5, 5.41) is 13.2. The molecule has 26 heavy (non-hydrogen) atoms. The van der Waals surface area contributed by atoms with Gasteiger partial charge in [0, 0.05) is 15.9 Å². The van der Waals surface area contributed by atoms with Gasteiger partial charge in [0.2, 0.25) is 5.88 Å². The number of rotatable bonds is 4. The van der Waals surface area contributed by atoms with E-state index in [1.807, 2.05) is 48.0 Å². The van der Waals surface area contributed by atoms with E-state index < -0.39 is 0 Å². The van der Waals surface area contributed by atoms with E-state index in [1.54, 1.807) is 7.11 Å². The molecule has 4 aromatic rings. The Hall–Kier alpha value is -2.80. The summed E-state index contributed by atoms with van der Waals surface area (Å²) in [5.74, 6) is 1.29. The van der Waals surface area contributed by atoms with Crippen LogP contribution in [0.2, 0.25) is 0 Å². The third kappa shape index (κ3) is 2.94. The van der Waals surface area contributed by atoms with Gasteiger partial charge in [0.05, 0.1) is 12.6 Å². The lowest BCUT2D eigenvalue weighted by molar-refractivity contribution is 0.398. The van der Waals surface area contributed by atoms with Gasteiger partial charge in [0.1, 0.15) is 11.9 Å². The molecule has 0 radical (unpaired) electrons. The molecule has 0 N–H and O–H groups in total. The van der Waals surface area contributed by atoms with Crippen LogP contribution in [0.4, 0.5) is 0 Å². The molecule has 7 heteroatoms. The van der Waals surface area contributed by atoms with E-state index in [4.69, 9.17) is 4.74 Å². The van der Waals surface area contributed by atoms with E-state index in [2.05, 4.69) is 54.6 Å². The van der Waals surface area contributed by atoms with Gasteiger partial charge in [0.25, 0.3) is 0 Å². The van der Waals surface area contributed by atoms with Crippen molar-refractivity contribution in [1.29, 1.82) is 0 Å². The molecule has 2 aromatic carbocycles. The molecule has 6 nitrogen and oxygen atoms in total. The van der Waals surface area contributed by atoms with Crippen LogP contribution in [0.5, 0.6) is 5.88 Å². The Labute approximate surface area is 159 Å². The van der Waals surface area contributed by atoms with Crippen LogP contribution in [0.1, 0.15) is 23.0 Å². The second-order valence-corrected chi connectivity index (χ2v) is 6.81. The first-order valence-electron chi connectivity index (χ1n) is 8.11. The Morgan fingerprint density at radius 3 is 2.58 bits per heavy atom. The number of hydrogen-bond acceptors (Lipinski definition) is 5. The van der Waals surface area contributed by atoms with E-state index in [0.717, 1.165) is 32.3 Å². The number of methoxy groups -OCH3 is 1. The van der Waals surface area contributed by atoms with Crippen molar-refractivity contribution in [3.05, 3.63) is 76.0 Å². The second-order valence-electron chi connectivity index (χ2n) is 5.90. The molecule has 0 aliphatic rings. The highest BCUT2D eigenvalue weighted by Gasteiger charge is 2.23. The quantitative estimate of drug-likeness (QED) is 0.510. The lowest BCUT2D eigenvalue weighted by Gasteiger charge is -2.21. The zero-order valence-corrected chi connectivity index (χ0v) is 15.9. The molecular formula is C19H16BrN5O. The Bertz CT molecular complexity index is 1060. The minimum Gasteiger partial charge on any atom is -0.481 e. The highest BCUT2D eigenvalue weighted by atomic mass is 79.9. The van der Waals surface area contributed by atoms with Crippen LogP contribution < -0.4 is 4.74 Å². The molecule has 4 rings (SSSR count). The van der Waals surface area contributed by atoms with Crippen molar-refractivity contribution >= 4 is 26.8 Å². The van der Waals surface area contributed by atoms with Gasteiger partial charge in [-0.3, -0.25) is 0 Å². The summed E-state index contributed by atoms with van der Waals surface area (Å²) in [6, 6.07) is 17.9. The van der Waals surface area contributed by atoms with Crippen LogP contribution in [0, 0.1) is 6.92 Å². The number of hydrogen-bond donors (Lipinski definition) is 0. The average molecular weight is 410 g/mol. The van der Waals surface area contributed by atoms with Gasteiger partial charge in [-0.15, -0.1) is 5.10 Å². The first-order valence-corrected chi connectivity index (χ1v) is 8.90. The van der Waals surface area contributed by atoms with Crippen LogP contribution in [-0.4, -0.2) is 32.3 Å². The largest absolute Gasteiger partial charge is 0.481 e. The number of benzene rings is 2. The van der Waals surface area contributed by atoms with Crippen molar-refractivity contribution in [2.75, 3.05) is 7.11 Å². The molecule has 2 aromatic heterocycles. The first kappa shape index (κ1) is 16.7. The molecule has 1 atom stereocenters. The molecule has 0 saturated heterocycles. The van der Waals surface area contributed by atoms with Crippen LogP contribution in [0.15, 0.2) is 59.1 Å². The highest BCUT2D eigenvalue weighted by Crippen LogP contribution is 2.35. The maximum absolute atomic E-state index is 5.44. The third-order valence-electron chi connectivity index (χ3n) is 4.30. The number of pyridine rings is 1. The van der Waals surface area contributed by atoms with Crippen molar-refractivity contribution in [2.24, 2.45) is 0 Å². The van der Waals surface area contributed by atoms with Crippen molar-refractivity contribution in [2.45, 2.75) is 13.0 Å². The number of aryl methyl sites for hydroxylation is 1. The molecule has 0 aliphatic carbocycles. The molecule has 1 unspecified atom stereocenters. The van der Waals surface area contributed by atoms with Crippen LogP contribution in [-0.2, 0) is 0 Å². The lowest BCUT2D eigenvalue weighted by atomic mass is 9.95. The van der Waals surface area contributed by atoms with E-state index >= 15 is 0 Å². The summed E-state index contributed by atoms with van der Waals surface area (Å²) >= 11 is 3.56. The maximum atomic E-state index is 5.44. The van der Waals surface area contributed by atoms with Crippen molar-refractivity contribution < 1.29 is 4.74 Å². The SMILES string of the molecule is COc1cc(C(c2ccccc2)n2nnnc2C)c2cc(Br)ccc2n1. The maximum Gasteiger partial charge on any atom is 0.213 e. The summed E-state index contributed by atoms with van der Waals surface area (Å²) in [4.78, 5) is 4.57. The number of ether oxygens (including phenoxy) is 1. The smallest absolute Gasteiger partial charge is 0.213 e. The monoisotopic (exact) mass is 409 g/mol. The minimum atomic E-state index is -0.195. The summed E-state index contributed by atoms with van der Waals surface area (Å²) in [7, 11) is 1.62. The van der Waals surface area contributed by atoms with Gasteiger partial charge < -0.3 is 4.74 Å². The van der Waals surface area contributed by atoms with Crippen LogP contribution in [0.25, 0.3) is 10.9 Å². The minimum absolute atomic E-state index is 0.195.